The number of aromatic nitrogens is 3. The molecular weight excluding hydrogens is 284 g/mol. The summed E-state index contributed by atoms with van der Waals surface area (Å²) in [7, 11) is 0. The maximum Gasteiger partial charge on any atom is 0.247 e. The van der Waals surface area contributed by atoms with Gasteiger partial charge in [-0.05, 0) is 38.5 Å². The average Bonchev–Trinajstić information content (AvgIpc) is 3.12. The fourth-order valence-electron chi connectivity index (χ4n) is 2.10. The number of benzene rings is 1. The van der Waals surface area contributed by atoms with E-state index in [1.165, 1.54) is 6.39 Å². The normalized spacial score (nSPS) is 12.3. The molecule has 21 heavy (non-hydrogen) atoms. The number of rotatable bonds is 4. The van der Waals surface area contributed by atoms with E-state index in [0.717, 1.165) is 27.5 Å². The number of hydrogen-bond acceptors (Lipinski definition) is 6. The summed E-state index contributed by atoms with van der Waals surface area (Å²) in [6.07, 6.45) is 1.34. The van der Waals surface area contributed by atoms with Crippen LogP contribution in [0.3, 0.4) is 0 Å². The molecule has 3 rings (SSSR count). The van der Waals surface area contributed by atoms with Crippen LogP contribution in [0.5, 0.6) is 0 Å². The third-order valence-electron chi connectivity index (χ3n) is 3.30. The molecule has 0 spiro atoms. The lowest BCUT2D eigenvalue weighted by atomic mass is 10.1. The first-order valence-electron chi connectivity index (χ1n) is 6.69. The number of thiazole rings is 1. The first-order chi connectivity index (χ1) is 10.1. The van der Waals surface area contributed by atoms with E-state index < -0.39 is 0 Å². The van der Waals surface area contributed by atoms with Crippen molar-refractivity contribution in [3.8, 4) is 11.5 Å². The van der Waals surface area contributed by atoms with Gasteiger partial charge in [-0.15, -0.1) is 21.5 Å². The van der Waals surface area contributed by atoms with Gasteiger partial charge in [0.05, 0.1) is 16.7 Å². The largest absolute Gasteiger partial charge is 0.423 e. The van der Waals surface area contributed by atoms with E-state index in [0.29, 0.717) is 5.89 Å². The fourth-order valence-corrected chi connectivity index (χ4v) is 2.80. The van der Waals surface area contributed by atoms with Gasteiger partial charge in [0.15, 0.2) is 0 Å². The summed E-state index contributed by atoms with van der Waals surface area (Å²) >= 11 is 1.66. The molecule has 2 aromatic heterocycles. The van der Waals surface area contributed by atoms with Crippen molar-refractivity contribution in [1.29, 1.82) is 0 Å². The molecule has 0 aliphatic carbocycles. The van der Waals surface area contributed by atoms with Crippen LogP contribution in [0, 0.1) is 13.8 Å². The maximum atomic E-state index is 5.25. The molecular formula is C15H16N4OS. The number of nitrogens with one attached hydrogen (secondary N) is 1. The molecule has 1 aromatic carbocycles. The van der Waals surface area contributed by atoms with Crippen molar-refractivity contribution in [2.45, 2.75) is 26.8 Å². The average molecular weight is 300 g/mol. The van der Waals surface area contributed by atoms with E-state index >= 15 is 0 Å². The molecule has 0 amide bonds. The monoisotopic (exact) mass is 300 g/mol. The molecule has 0 aliphatic rings. The molecule has 2 heterocycles. The Morgan fingerprint density at radius 3 is 2.81 bits per heavy atom. The number of anilines is 1. The van der Waals surface area contributed by atoms with Crippen molar-refractivity contribution >= 4 is 17.0 Å². The second-order valence-corrected chi connectivity index (χ2v) is 5.99. The summed E-state index contributed by atoms with van der Waals surface area (Å²) in [5, 5.41) is 14.3. The van der Waals surface area contributed by atoms with Crippen LogP contribution < -0.4 is 5.32 Å². The molecule has 1 atom stereocenters. The first-order valence-corrected chi connectivity index (χ1v) is 7.57. The van der Waals surface area contributed by atoms with Gasteiger partial charge in [0, 0.05) is 16.6 Å². The van der Waals surface area contributed by atoms with Crippen LogP contribution in [0.15, 0.2) is 34.4 Å². The lowest BCUT2D eigenvalue weighted by Gasteiger charge is -2.16. The zero-order chi connectivity index (χ0) is 14.8. The highest BCUT2D eigenvalue weighted by atomic mass is 32.1. The standard InChI is InChI=1S/C15H16N4OS/c1-9-4-5-12(15-19-16-8-20-15)6-13(9)17-10(2)14-7-21-11(3)18-14/h4-8,10,17H,1-3H3. The molecule has 0 fully saturated rings. The molecule has 0 saturated carbocycles. The maximum absolute atomic E-state index is 5.25. The molecule has 3 aromatic rings. The number of nitrogens with zero attached hydrogens (tertiary/aromatic N) is 3. The summed E-state index contributed by atoms with van der Waals surface area (Å²) in [5.41, 5.74) is 4.17. The SMILES string of the molecule is Cc1nc(C(C)Nc2cc(-c3nnco3)ccc2C)cs1. The molecule has 0 bridgehead atoms. The van der Waals surface area contributed by atoms with Crippen LogP contribution in [-0.4, -0.2) is 15.2 Å². The zero-order valence-electron chi connectivity index (χ0n) is 12.1. The van der Waals surface area contributed by atoms with E-state index in [-0.39, 0.29) is 6.04 Å². The second-order valence-electron chi connectivity index (χ2n) is 4.93. The summed E-state index contributed by atoms with van der Waals surface area (Å²) in [5.74, 6) is 0.523. The van der Waals surface area contributed by atoms with Gasteiger partial charge >= 0.3 is 0 Å². The van der Waals surface area contributed by atoms with Crippen LogP contribution in [0.2, 0.25) is 0 Å². The topological polar surface area (TPSA) is 63.8 Å². The second kappa shape index (κ2) is 5.65. The summed E-state index contributed by atoms with van der Waals surface area (Å²) < 4.78 is 5.25. The Balaban J connectivity index is 1.86. The van der Waals surface area contributed by atoms with Crippen molar-refractivity contribution in [3.63, 3.8) is 0 Å². The van der Waals surface area contributed by atoms with E-state index in [4.69, 9.17) is 4.42 Å². The van der Waals surface area contributed by atoms with Crippen LogP contribution >= 0.6 is 11.3 Å². The Labute approximate surface area is 127 Å². The smallest absolute Gasteiger partial charge is 0.247 e. The predicted molar refractivity (Wildman–Crippen MR) is 83.4 cm³/mol. The van der Waals surface area contributed by atoms with E-state index in [1.807, 2.05) is 25.1 Å². The summed E-state index contributed by atoms with van der Waals surface area (Å²) in [6, 6.07) is 6.19. The lowest BCUT2D eigenvalue weighted by Crippen LogP contribution is -2.08. The Kier molecular flexibility index (Phi) is 3.70. The van der Waals surface area contributed by atoms with E-state index in [1.54, 1.807) is 11.3 Å². The molecule has 108 valence electrons. The minimum Gasteiger partial charge on any atom is -0.423 e. The summed E-state index contributed by atoms with van der Waals surface area (Å²) in [6.45, 7) is 6.19. The molecule has 5 nitrogen and oxygen atoms in total. The highest BCUT2D eigenvalue weighted by molar-refractivity contribution is 7.09. The number of aryl methyl sites for hydroxylation is 2. The van der Waals surface area contributed by atoms with Gasteiger partial charge in [-0.1, -0.05) is 6.07 Å². The van der Waals surface area contributed by atoms with E-state index in [9.17, 15) is 0 Å². The van der Waals surface area contributed by atoms with Gasteiger partial charge in [0.25, 0.3) is 0 Å². The van der Waals surface area contributed by atoms with Gasteiger partial charge < -0.3 is 9.73 Å². The van der Waals surface area contributed by atoms with Gasteiger partial charge in [-0.2, -0.15) is 0 Å². The third kappa shape index (κ3) is 2.95. The Hall–Kier alpha value is -2.21. The molecule has 0 radical (unpaired) electrons. The van der Waals surface area contributed by atoms with Gasteiger partial charge in [0.1, 0.15) is 0 Å². The number of hydrogen-bond donors (Lipinski definition) is 1. The molecule has 6 heteroatoms. The van der Waals surface area contributed by atoms with Crippen molar-refractivity contribution < 1.29 is 4.42 Å². The predicted octanol–water partition coefficient (Wildman–Crippen LogP) is 3.98. The van der Waals surface area contributed by atoms with Crippen molar-refractivity contribution in [2.75, 3.05) is 5.32 Å². The van der Waals surface area contributed by atoms with Crippen molar-refractivity contribution in [1.82, 2.24) is 15.2 Å². The Morgan fingerprint density at radius 1 is 1.29 bits per heavy atom. The molecule has 0 saturated heterocycles. The van der Waals surface area contributed by atoms with Crippen LogP contribution in [0.4, 0.5) is 5.69 Å². The Morgan fingerprint density at radius 2 is 2.14 bits per heavy atom. The quantitative estimate of drug-likeness (QED) is 0.789. The lowest BCUT2D eigenvalue weighted by molar-refractivity contribution is 0.568. The highest BCUT2D eigenvalue weighted by Crippen LogP contribution is 2.27. The van der Waals surface area contributed by atoms with E-state index in [2.05, 4.69) is 39.7 Å². The fraction of sp³-hybridized carbons (Fsp3) is 0.267. The van der Waals surface area contributed by atoms with Gasteiger partial charge in [-0.25, -0.2) is 4.98 Å². The van der Waals surface area contributed by atoms with Crippen LogP contribution in [0.25, 0.3) is 11.5 Å². The highest BCUT2D eigenvalue weighted by Gasteiger charge is 2.12. The van der Waals surface area contributed by atoms with Crippen LogP contribution in [-0.2, 0) is 0 Å². The summed E-state index contributed by atoms with van der Waals surface area (Å²) in [4.78, 5) is 4.52. The van der Waals surface area contributed by atoms with Crippen molar-refractivity contribution in [3.05, 3.63) is 46.2 Å². The zero-order valence-corrected chi connectivity index (χ0v) is 12.9. The van der Waals surface area contributed by atoms with Crippen LogP contribution in [0.1, 0.15) is 29.2 Å². The Bertz CT molecular complexity index is 736. The van der Waals surface area contributed by atoms with Gasteiger partial charge in [-0.3, -0.25) is 0 Å². The van der Waals surface area contributed by atoms with Crippen molar-refractivity contribution in [2.24, 2.45) is 0 Å². The molecule has 1 N–H and O–H groups in total. The minimum absolute atomic E-state index is 0.145. The molecule has 0 aliphatic heterocycles. The first kappa shape index (κ1) is 13.8. The minimum atomic E-state index is 0.145. The van der Waals surface area contributed by atoms with Gasteiger partial charge in [0.2, 0.25) is 12.3 Å². The molecule has 1 unspecified atom stereocenters. The third-order valence-corrected chi connectivity index (χ3v) is 4.09.